The lowest BCUT2D eigenvalue weighted by Gasteiger charge is -2.26. The zero-order valence-corrected chi connectivity index (χ0v) is 15.5. The first-order valence-corrected chi connectivity index (χ1v) is 9.05. The highest BCUT2D eigenvalue weighted by Crippen LogP contribution is 2.40. The van der Waals surface area contributed by atoms with Gasteiger partial charge in [-0.2, -0.15) is 0 Å². The molecule has 0 aliphatic carbocycles. The number of hydrogen-bond donors (Lipinski definition) is 1. The molecule has 2 aromatic carbocycles. The Morgan fingerprint density at radius 1 is 1.14 bits per heavy atom. The van der Waals surface area contributed by atoms with Crippen LogP contribution in [0.15, 0.2) is 42.5 Å². The molecule has 0 aromatic heterocycles. The fraction of sp³-hybridized carbons (Fsp3) is 0.286. The fourth-order valence-electron chi connectivity index (χ4n) is 3.00. The Morgan fingerprint density at radius 2 is 1.96 bits per heavy atom. The smallest absolute Gasteiger partial charge is 0.244 e. The molecule has 0 fully saturated rings. The highest BCUT2D eigenvalue weighted by atomic mass is 16.6. The number of fused-ring (bicyclic) bond motifs is 2. The number of carbonyl (C=O) groups is 1. The maximum atomic E-state index is 12.2. The molecule has 1 N–H and O–H groups in total. The summed E-state index contributed by atoms with van der Waals surface area (Å²) in [5, 5.41) is 2.83. The molecule has 2 aromatic rings. The Morgan fingerprint density at radius 3 is 2.82 bits per heavy atom. The molecule has 0 bridgehead atoms. The Hall–Kier alpha value is -3.35. The van der Waals surface area contributed by atoms with Crippen molar-refractivity contribution >= 4 is 12.0 Å². The first kappa shape index (κ1) is 18.0. The molecule has 7 heteroatoms. The zero-order valence-electron chi connectivity index (χ0n) is 15.5. The van der Waals surface area contributed by atoms with Gasteiger partial charge in [-0.1, -0.05) is 12.1 Å². The van der Waals surface area contributed by atoms with Gasteiger partial charge in [-0.05, 0) is 35.9 Å². The van der Waals surface area contributed by atoms with E-state index in [0.717, 1.165) is 11.3 Å². The molecule has 1 unspecified atom stereocenters. The first-order chi connectivity index (χ1) is 13.7. The first-order valence-electron chi connectivity index (χ1n) is 9.05. The van der Waals surface area contributed by atoms with Crippen LogP contribution in [0.5, 0.6) is 28.7 Å². The number of methoxy groups -OCH3 is 1. The summed E-state index contributed by atoms with van der Waals surface area (Å²) in [5.74, 6) is 2.95. The van der Waals surface area contributed by atoms with Crippen LogP contribution < -0.4 is 29.0 Å². The zero-order chi connectivity index (χ0) is 19.3. The van der Waals surface area contributed by atoms with Crippen LogP contribution in [-0.2, 0) is 4.79 Å². The van der Waals surface area contributed by atoms with Crippen LogP contribution >= 0.6 is 0 Å². The Kier molecular flexibility index (Phi) is 5.23. The Balaban J connectivity index is 1.35. The maximum absolute atomic E-state index is 12.2. The highest BCUT2D eigenvalue weighted by Gasteiger charge is 2.21. The van der Waals surface area contributed by atoms with Crippen molar-refractivity contribution in [3.05, 3.63) is 48.0 Å². The molecule has 2 aliphatic rings. The number of hydrogen-bond acceptors (Lipinski definition) is 6. The number of ether oxygens (including phenoxy) is 5. The van der Waals surface area contributed by atoms with Crippen LogP contribution in [0.3, 0.4) is 0 Å². The number of benzene rings is 2. The minimum absolute atomic E-state index is 0.226. The number of carbonyl (C=O) groups excluding carboxylic acids is 1. The molecular formula is C21H21NO6. The van der Waals surface area contributed by atoms with Gasteiger partial charge in [-0.3, -0.25) is 4.79 Å². The molecular weight excluding hydrogens is 362 g/mol. The van der Waals surface area contributed by atoms with E-state index < -0.39 is 0 Å². The summed E-state index contributed by atoms with van der Waals surface area (Å²) >= 11 is 0. The number of para-hydroxylation sites is 2. The summed E-state index contributed by atoms with van der Waals surface area (Å²) in [7, 11) is 1.57. The van der Waals surface area contributed by atoms with Gasteiger partial charge in [-0.25, -0.2) is 0 Å². The summed E-state index contributed by atoms with van der Waals surface area (Å²) in [6, 6.07) is 11.1. The molecule has 7 nitrogen and oxygen atoms in total. The van der Waals surface area contributed by atoms with Gasteiger partial charge in [0.2, 0.25) is 11.7 Å². The van der Waals surface area contributed by atoms with E-state index in [9.17, 15) is 4.79 Å². The van der Waals surface area contributed by atoms with E-state index in [2.05, 4.69) is 5.32 Å². The van der Waals surface area contributed by atoms with E-state index in [0.29, 0.717) is 49.4 Å². The van der Waals surface area contributed by atoms with Crippen molar-refractivity contribution in [3.63, 3.8) is 0 Å². The van der Waals surface area contributed by atoms with E-state index in [1.807, 2.05) is 30.3 Å². The predicted octanol–water partition coefficient (Wildman–Crippen LogP) is 2.44. The van der Waals surface area contributed by atoms with Crippen molar-refractivity contribution in [3.8, 4) is 28.7 Å². The number of amides is 1. The van der Waals surface area contributed by atoms with Gasteiger partial charge in [0.05, 0.1) is 13.7 Å². The van der Waals surface area contributed by atoms with E-state index >= 15 is 0 Å². The minimum Gasteiger partial charge on any atom is -0.493 e. The van der Waals surface area contributed by atoms with Crippen molar-refractivity contribution in [2.75, 3.05) is 33.5 Å². The summed E-state index contributed by atoms with van der Waals surface area (Å²) in [6.45, 7) is 1.71. The monoisotopic (exact) mass is 383 g/mol. The second-order valence-corrected chi connectivity index (χ2v) is 6.32. The third kappa shape index (κ3) is 3.98. The quantitative estimate of drug-likeness (QED) is 0.800. The molecule has 0 saturated carbocycles. The second kappa shape index (κ2) is 8.12. The highest BCUT2D eigenvalue weighted by molar-refractivity contribution is 5.91. The van der Waals surface area contributed by atoms with E-state index in [1.54, 1.807) is 19.3 Å². The summed E-state index contributed by atoms with van der Waals surface area (Å²) in [4.78, 5) is 12.2. The van der Waals surface area contributed by atoms with Gasteiger partial charge in [0.25, 0.3) is 0 Å². The Labute approximate surface area is 162 Å². The topological polar surface area (TPSA) is 75.3 Å². The molecule has 0 spiro atoms. The molecule has 2 heterocycles. The summed E-state index contributed by atoms with van der Waals surface area (Å²) in [6.07, 6.45) is 2.92. The van der Waals surface area contributed by atoms with Crippen LogP contribution in [0.1, 0.15) is 5.56 Å². The van der Waals surface area contributed by atoms with Crippen molar-refractivity contribution in [1.82, 2.24) is 5.32 Å². The average Bonchev–Trinajstić information content (AvgIpc) is 2.75. The normalized spacial score (nSPS) is 17.2. The van der Waals surface area contributed by atoms with Crippen molar-refractivity contribution in [2.24, 2.45) is 0 Å². The Bertz CT molecular complexity index is 877. The molecule has 4 rings (SSSR count). The maximum Gasteiger partial charge on any atom is 0.244 e. The van der Waals surface area contributed by atoms with Gasteiger partial charge in [0, 0.05) is 6.08 Å². The van der Waals surface area contributed by atoms with E-state index in [4.69, 9.17) is 23.7 Å². The second-order valence-electron chi connectivity index (χ2n) is 6.32. The van der Waals surface area contributed by atoms with Crippen molar-refractivity contribution in [2.45, 2.75) is 6.10 Å². The van der Waals surface area contributed by atoms with Gasteiger partial charge in [-0.15, -0.1) is 0 Å². The van der Waals surface area contributed by atoms with Crippen LogP contribution in [0.25, 0.3) is 6.08 Å². The van der Waals surface area contributed by atoms with Gasteiger partial charge in [0.1, 0.15) is 25.9 Å². The lowest BCUT2D eigenvalue weighted by molar-refractivity contribution is -0.116. The largest absolute Gasteiger partial charge is 0.493 e. The average molecular weight is 383 g/mol. The van der Waals surface area contributed by atoms with Crippen LogP contribution in [0.2, 0.25) is 0 Å². The van der Waals surface area contributed by atoms with Gasteiger partial charge >= 0.3 is 0 Å². The van der Waals surface area contributed by atoms with E-state index in [-0.39, 0.29) is 12.0 Å². The summed E-state index contributed by atoms with van der Waals surface area (Å²) < 4.78 is 28.0. The van der Waals surface area contributed by atoms with Crippen molar-refractivity contribution in [1.29, 1.82) is 0 Å². The molecule has 2 aliphatic heterocycles. The van der Waals surface area contributed by atoms with Gasteiger partial charge < -0.3 is 29.0 Å². The van der Waals surface area contributed by atoms with Crippen LogP contribution in [0.4, 0.5) is 0 Å². The summed E-state index contributed by atoms with van der Waals surface area (Å²) in [5.41, 5.74) is 0.780. The van der Waals surface area contributed by atoms with Gasteiger partial charge in [0.15, 0.2) is 23.0 Å². The molecule has 28 heavy (non-hydrogen) atoms. The molecule has 0 radical (unpaired) electrons. The number of rotatable bonds is 5. The van der Waals surface area contributed by atoms with Crippen molar-refractivity contribution < 1.29 is 28.5 Å². The number of nitrogens with one attached hydrogen (secondary N) is 1. The predicted molar refractivity (Wildman–Crippen MR) is 102 cm³/mol. The fourth-order valence-corrected chi connectivity index (χ4v) is 3.00. The molecule has 0 saturated heterocycles. The minimum atomic E-state index is -0.235. The molecule has 146 valence electrons. The van der Waals surface area contributed by atoms with E-state index in [1.165, 1.54) is 6.08 Å². The van der Waals surface area contributed by atoms with Crippen LogP contribution in [0, 0.1) is 0 Å². The van der Waals surface area contributed by atoms with Crippen LogP contribution in [-0.4, -0.2) is 45.5 Å². The third-order valence-corrected chi connectivity index (χ3v) is 4.35. The third-order valence-electron chi connectivity index (χ3n) is 4.35. The standard InChI is InChI=1S/C21H21NO6/c1-24-18-10-14(11-19-21(18)26-9-8-25-19)6-7-20(23)22-12-15-13-27-16-4-2-3-5-17(16)28-15/h2-7,10-11,15H,8-9,12-13H2,1H3,(H,22,23). The SMILES string of the molecule is COc1cc(C=CC(=O)NCC2COc3ccccc3O2)cc2c1OCCO2. The lowest BCUT2D eigenvalue weighted by atomic mass is 10.1. The molecule has 1 amide bonds. The lowest BCUT2D eigenvalue weighted by Crippen LogP contribution is -2.40. The molecule has 1 atom stereocenters.